The first kappa shape index (κ1) is 43.3. The quantitative estimate of drug-likeness (QED) is 0.0868. The van der Waals surface area contributed by atoms with Crippen molar-refractivity contribution in [1.82, 2.24) is 40.4 Å². The lowest BCUT2D eigenvalue weighted by Crippen LogP contribution is -2.51. The largest absolute Gasteiger partial charge is 0.453 e. The Labute approximate surface area is 363 Å². The number of nitrogens with zero attached hydrogens (tertiary/aromatic N) is 4. The summed E-state index contributed by atoms with van der Waals surface area (Å²) >= 11 is 0. The fourth-order valence-electron chi connectivity index (χ4n) is 8.94. The van der Waals surface area contributed by atoms with Crippen molar-refractivity contribution >= 4 is 34.8 Å². The summed E-state index contributed by atoms with van der Waals surface area (Å²) in [5, 5.41) is 7.32. The van der Waals surface area contributed by atoms with Gasteiger partial charge in [0.2, 0.25) is 11.8 Å². The number of fused-ring (bicyclic) bond motifs is 1. The smallest absolute Gasteiger partial charge is 0.407 e. The predicted octanol–water partition coefficient (Wildman–Crippen LogP) is 7.74. The average molecular weight is 867 g/mol. The number of hydrogen-bond donors (Lipinski definition) is 4. The average Bonchev–Trinajstić information content (AvgIpc) is 3.82. The molecule has 0 unspecified atom stereocenters. The van der Waals surface area contributed by atoms with Crippen molar-refractivity contribution in [3.63, 3.8) is 0 Å². The number of imidazole rings is 2. The highest BCUT2D eigenvalue weighted by atomic mass is 19.3. The summed E-state index contributed by atoms with van der Waals surface area (Å²) in [6.45, 7) is 1.47. The standard InChI is InChI=1S/C46H52F2N8O7/c1-26(2)38(54-45(60)62-4)42(58)56-25-46(16-17-46)22-37(56)40-50-24-35(52-40)32-14-13-30-20-29(11-12-31(30)21-32)27-7-9-28(10-8-27)34-23-49-39(51-34)36-6-5-18-55(36)41(57)33(53-44(59)61-3)15-19-63-43(47)48/h7-14,20-21,23-24,26,33,36-38,43H,5-6,15-19,22,25H2,1-4H3,(H,49,51)(H,50,52)(H,53,59)(H,54,60)/t33-,36-,37-,38-/m0/s1. The van der Waals surface area contributed by atoms with Crippen LogP contribution in [0.1, 0.15) is 76.1 Å². The summed E-state index contributed by atoms with van der Waals surface area (Å²) in [5.41, 5.74) is 5.69. The summed E-state index contributed by atoms with van der Waals surface area (Å²) in [6.07, 6.45) is 6.25. The van der Waals surface area contributed by atoms with Gasteiger partial charge in [-0.1, -0.05) is 62.4 Å². The van der Waals surface area contributed by atoms with E-state index in [1.807, 2.05) is 49.2 Å². The molecule has 63 heavy (non-hydrogen) atoms. The van der Waals surface area contributed by atoms with Crippen molar-refractivity contribution in [2.24, 2.45) is 11.3 Å². The number of H-pyrrole nitrogens is 2. The second-order valence-corrected chi connectivity index (χ2v) is 17.1. The van der Waals surface area contributed by atoms with E-state index in [2.05, 4.69) is 71.5 Å². The van der Waals surface area contributed by atoms with Crippen LogP contribution in [0.4, 0.5) is 18.4 Å². The van der Waals surface area contributed by atoms with Crippen LogP contribution in [0.15, 0.2) is 73.1 Å². The third-order valence-corrected chi connectivity index (χ3v) is 12.6. The highest BCUT2D eigenvalue weighted by Crippen LogP contribution is 2.58. The van der Waals surface area contributed by atoms with Crippen molar-refractivity contribution in [2.45, 2.75) is 83.2 Å². The molecule has 3 aromatic carbocycles. The Balaban J connectivity index is 0.938. The summed E-state index contributed by atoms with van der Waals surface area (Å²) in [5.74, 6) is 0.654. The number of hydrogen-bond acceptors (Lipinski definition) is 9. The Morgan fingerprint density at radius 2 is 1.37 bits per heavy atom. The molecular weight excluding hydrogens is 815 g/mol. The number of carbonyl (C=O) groups excluding carboxylic acids is 4. The number of nitrogens with one attached hydrogen (secondary N) is 4. The van der Waals surface area contributed by atoms with Crippen molar-refractivity contribution in [2.75, 3.05) is 33.9 Å². The molecule has 1 saturated carbocycles. The van der Waals surface area contributed by atoms with Gasteiger partial charge in [0.25, 0.3) is 0 Å². The molecule has 4 heterocycles. The van der Waals surface area contributed by atoms with Crippen LogP contribution < -0.4 is 10.6 Å². The maximum Gasteiger partial charge on any atom is 0.407 e. The van der Waals surface area contributed by atoms with Crippen molar-refractivity contribution in [3.05, 3.63) is 84.7 Å². The number of likely N-dealkylation sites (tertiary alicyclic amines) is 2. The van der Waals surface area contributed by atoms with Crippen LogP contribution in [0.5, 0.6) is 0 Å². The number of halogens is 2. The van der Waals surface area contributed by atoms with Crippen LogP contribution in [-0.4, -0.2) is 106 Å². The van der Waals surface area contributed by atoms with Crippen LogP contribution in [0.25, 0.3) is 44.4 Å². The minimum Gasteiger partial charge on any atom is -0.453 e. The van der Waals surface area contributed by atoms with E-state index in [0.29, 0.717) is 31.8 Å². The predicted molar refractivity (Wildman–Crippen MR) is 229 cm³/mol. The Hall–Kier alpha value is -6.36. The van der Waals surface area contributed by atoms with E-state index in [0.717, 1.165) is 76.6 Å². The number of rotatable bonds is 14. The highest BCUT2D eigenvalue weighted by molar-refractivity contribution is 5.91. The molecule has 4 atom stereocenters. The summed E-state index contributed by atoms with van der Waals surface area (Å²) < 4.78 is 39.1. The number of methoxy groups -OCH3 is 2. The normalized spacial score (nSPS) is 18.9. The number of ether oxygens (including phenoxy) is 3. The molecule has 17 heteroatoms. The van der Waals surface area contributed by atoms with Gasteiger partial charge in [-0.2, -0.15) is 8.78 Å². The second kappa shape index (κ2) is 18.2. The minimum atomic E-state index is -2.99. The zero-order chi connectivity index (χ0) is 44.4. The van der Waals surface area contributed by atoms with E-state index < -0.39 is 43.4 Å². The number of alkyl carbamates (subject to hydrolysis) is 2. The molecule has 8 rings (SSSR count). The van der Waals surface area contributed by atoms with Gasteiger partial charge in [0.15, 0.2) is 0 Å². The van der Waals surface area contributed by atoms with Gasteiger partial charge >= 0.3 is 18.8 Å². The summed E-state index contributed by atoms with van der Waals surface area (Å²) in [6, 6.07) is 18.3. The van der Waals surface area contributed by atoms with E-state index in [1.54, 1.807) is 11.1 Å². The van der Waals surface area contributed by atoms with E-state index in [9.17, 15) is 28.0 Å². The van der Waals surface area contributed by atoms with Gasteiger partial charge in [-0.05, 0) is 83.0 Å². The molecular formula is C46H52F2N8O7. The van der Waals surface area contributed by atoms with Gasteiger partial charge in [-0.25, -0.2) is 19.6 Å². The highest BCUT2D eigenvalue weighted by Gasteiger charge is 2.55. The Morgan fingerprint density at radius 1 is 0.778 bits per heavy atom. The van der Waals surface area contributed by atoms with Crippen molar-refractivity contribution in [1.29, 1.82) is 0 Å². The molecule has 2 aliphatic heterocycles. The van der Waals surface area contributed by atoms with Crippen LogP contribution in [0.3, 0.4) is 0 Å². The molecule has 1 spiro atoms. The zero-order valence-electron chi connectivity index (χ0n) is 35.7. The SMILES string of the molecule is COC(=O)N[C@@H](CCOC(F)F)C(=O)N1CCC[C@H]1c1ncc(-c2ccc(-c3ccc4cc(-c5cnc([C@@H]6CC7(CC7)CN6C(=O)[C@@H](NC(=O)OC)C(C)C)[nH]5)ccc4c3)cc2)[nH]1. The fourth-order valence-corrected chi connectivity index (χ4v) is 8.94. The first-order valence-corrected chi connectivity index (χ1v) is 21.3. The molecule has 4 amide bonds. The molecule has 0 bridgehead atoms. The third-order valence-electron chi connectivity index (χ3n) is 12.6. The molecule has 2 saturated heterocycles. The van der Waals surface area contributed by atoms with Crippen LogP contribution in [0, 0.1) is 11.3 Å². The molecule has 4 N–H and O–H groups in total. The van der Waals surface area contributed by atoms with Crippen molar-refractivity contribution < 1.29 is 42.2 Å². The molecule has 3 aliphatic rings. The van der Waals surface area contributed by atoms with E-state index >= 15 is 0 Å². The van der Waals surface area contributed by atoms with Gasteiger partial charge in [0.05, 0.1) is 56.7 Å². The number of amides is 4. The lowest BCUT2D eigenvalue weighted by Gasteiger charge is -2.30. The fraction of sp³-hybridized carbons (Fsp3) is 0.435. The van der Waals surface area contributed by atoms with Crippen LogP contribution in [0.2, 0.25) is 0 Å². The zero-order valence-corrected chi connectivity index (χ0v) is 35.7. The Bertz CT molecular complexity index is 2470. The Kier molecular flexibility index (Phi) is 12.5. The third kappa shape index (κ3) is 9.38. The van der Waals surface area contributed by atoms with E-state index in [4.69, 9.17) is 9.72 Å². The molecule has 2 aromatic heterocycles. The van der Waals surface area contributed by atoms with Gasteiger partial charge in [-0.3, -0.25) is 9.59 Å². The maximum atomic E-state index is 13.9. The number of aromatic amines is 2. The molecule has 5 aromatic rings. The maximum absolute atomic E-state index is 13.9. The lowest BCUT2D eigenvalue weighted by atomic mass is 9.98. The number of carbonyl (C=O) groups is 4. The number of alkyl halides is 2. The summed E-state index contributed by atoms with van der Waals surface area (Å²) in [4.78, 5) is 71.3. The number of benzene rings is 3. The van der Waals surface area contributed by atoms with E-state index in [-0.39, 0.29) is 35.7 Å². The van der Waals surface area contributed by atoms with Gasteiger partial charge in [-0.15, -0.1) is 0 Å². The van der Waals surface area contributed by atoms with Gasteiger partial charge < -0.3 is 44.6 Å². The van der Waals surface area contributed by atoms with Gasteiger partial charge in [0.1, 0.15) is 23.7 Å². The number of aromatic nitrogens is 4. The molecule has 0 radical (unpaired) electrons. The molecule has 332 valence electrons. The lowest BCUT2D eigenvalue weighted by molar-refractivity contribution is -0.141. The topological polar surface area (TPSA) is 184 Å². The first-order valence-electron chi connectivity index (χ1n) is 21.3. The van der Waals surface area contributed by atoms with Crippen LogP contribution >= 0.6 is 0 Å². The monoisotopic (exact) mass is 866 g/mol. The van der Waals surface area contributed by atoms with Gasteiger partial charge in [0, 0.05) is 25.1 Å². The molecule has 3 fully saturated rings. The van der Waals surface area contributed by atoms with Crippen molar-refractivity contribution in [3.8, 4) is 33.6 Å². The molecule has 1 aliphatic carbocycles. The summed E-state index contributed by atoms with van der Waals surface area (Å²) in [7, 11) is 2.46. The van der Waals surface area contributed by atoms with E-state index in [1.165, 1.54) is 7.11 Å². The minimum absolute atomic E-state index is 0.101. The Morgan fingerprint density at radius 3 is 2.00 bits per heavy atom. The van der Waals surface area contributed by atoms with Crippen LogP contribution in [-0.2, 0) is 23.8 Å². The first-order chi connectivity index (χ1) is 30.3. The molecule has 15 nitrogen and oxygen atoms in total. The second-order valence-electron chi connectivity index (χ2n) is 17.1.